The van der Waals surface area contributed by atoms with Crippen molar-refractivity contribution < 1.29 is 0 Å². The van der Waals surface area contributed by atoms with Crippen LogP contribution in [0, 0.1) is 0 Å². The Morgan fingerprint density at radius 1 is 0.408 bits per heavy atom. The molecule has 4 heteroatoms. The van der Waals surface area contributed by atoms with Gasteiger partial charge in [0.05, 0.1) is 39.2 Å². The SMILES string of the molecule is C=C(/C=C(\N=C(C)n1c2ccc(-c3ccc(-n4c5ccccc5c5ccccc54)cc3)cc2c2cc(-c3cc(-c4ccccc4)cc(-c4ccccc4)n3)ccc21)c1ccccc1)c1ccccc1.CC. The van der Waals surface area contributed by atoms with E-state index >= 15 is 0 Å². The van der Waals surface area contributed by atoms with Crippen LogP contribution in [0.1, 0.15) is 31.9 Å². The lowest BCUT2D eigenvalue weighted by Crippen LogP contribution is -2.07. The van der Waals surface area contributed by atoms with Crippen molar-refractivity contribution in [2.24, 2.45) is 4.99 Å². The van der Waals surface area contributed by atoms with Crippen LogP contribution in [-0.4, -0.2) is 20.0 Å². The number of hydrogen-bond acceptors (Lipinski definition) is 2. The van der Waals surface area contributed by atoms with Gasteiger partial charge in [-0.1, -0.05) is 202 Å². The molecule has 0 spiro atoms. The highest BCUT2D eigenvalue weighted by Gasteiger charge is 2.18. The normalized spacial score (nSPS) is 11.8. The second-order valence-corrected chi connectivity index (χ2v) is 17.5. The van der Waals surface area contributed by atoms with Crippen molar-refractivity contribution in [3.63, 3.8) is 0 Å². The summed E-state index contributed by atoms with van der Waals surface area (Å²) in [6.07, 6.45) is 2.09. The third kappa shape index (κ3) is 8.58. The maximum Gasteiger partial charge on any atom is 0.111 e. The van der Waals surface area contributed by atoms with Gasteiger partial charge in [0, 0.05) is 43.9 Å². The molecule has 0 aliphatic carbocycles. The molecule has 0 atom stereocenters. The molecule has 0 saturated carbocycles. The maximum atomic E-state index is 5.45. The minimum Gasteiger partial charge on any atom is -0.309 e. The standard InChI is InChI=1S/C65H46N4.C2H6/c1-44(46-19-7-3-8-20-46)39-59(49-23-11-5-12-24-49)66-45(2)68-64-37-33-51(48-31-35-54(36-32-48)69-62-29-17-15-27-55(62)56-28-16-18-30-63(56)69)40-57(64)58-41-52(34-38-65(58)68)61-43-53(47-21-9-4-10-22-47)42-60(67-61)50-25-13-6-14-26-50;1-2/h3-43H,1H2,2H3;1-2H3/b59-39-,66-45?;. The van der Waals surface area contributed by atoms with Gasteiger partial charge in [-0.3, -0.25) is 4.57 Å². The van der Waals surface area contributed by atoms with Crippen molar-refractivity contribution in [3.8, 4) is 50.5 Å². The summed E-state index contributed by atoms with van der Waals surface area (Å²) >= 11 is 0. The van der Waals surface area contributed by atoms with Crippen LogP contribution in [0.2, 0.25) is 0 Å². The second kappa shape index (κ2) is 19.5. The van der Waals surface area contributed by atoms with Crippen LogP contribution >= 0.6 is 0 Å². The molecule has 71 heavy (non-hydrogen) atoms. The molecular weight excluding hydrogens is 861 g/mol. The Labute approximate surface area is 415 Å². The number of aliphatic imine (C=N–C) groups is 1. The number of para-hydroxylation sites is 2. The van der Waals surface area contributed by atoms with E-state index in [1.807, 2.05) is 44.2 Å². The molecule has 0 bridgehead atoms. The number of hydrogen-bond donors (Lipinski definition) is 0. The fraction of sp³-hybridized carbons (Fsp3) is 0.0448. The van der Waals surface area contributed by atoms with E-state index in [2.05, 4.69) is 241 Å². The fourth-order valence-corrected chi connectivity index (χ4v) is 9.86. The summed E-state index contributed by atoms with van der Waals surface area (Å²) in [5.74, 6) is 0.845. The smallest absolute Gasteiger partial charge is 0.111 e. The Hall–Kier alpha value is -9.12. The number of rotatable bonds is 9. The van der Waals surface area contributed by atoms with Crippen molar-refractivity contribution >= 4 is 60.7 Å². The van der Waals surface area contributed by atoms with Crippen LogP contribution in [0.25, 0.3) is 105 Å². The summed E-state index contributed by atoms with van der Waals surface area (Å²) in [6.45, 7) is 10.6. The zero-order valence-electron chi connectivity index (χ0n) is 40.2. The lowest BCUT2D eigenvalue weighted by molar-refractivity contribution is 1.18. The van der Waals surface area contributed by atoms with Gasteiger partial charge in [-0.05, 0) is 107 Å². The molecule has 340 valence electrons. The van der Waals surface area contributed by atoms with Gasteiger partial charge in [0.2, 0.25) is 0 Å². The molecule has 12 rings (SSSR count). The van der Waals surface area contributed by atoms with Gasteiger partial charge >= 0.3 is 0 Å². The Kier molecular flexibility index (Phi) is 12.2. The number of nitrogens with zero attached hydrogens (tertiary/aromatic N) is 4. The number of benzene rings is 9. The fourth-order valence-electron chi connectivity index (χ4n) is 9.86. The van der Waals surface area contributed by atoms with Crippen LogP contribution in [0.5, 0.6) is 0 Å². The quantitative estimate of drug-likeness (QED) is 0.0807. The summed E-state index contributed by atoms with van der Waals surface area (Å²) in [4.78, 5) is 10.8. The Morgan fingerprint density at radius 2 is 0.859 bits per heavy atom. The number of pyridine rings is 1. The minimum absolute atomic E-state index is 0.837. The average molecular weight is 913 g/mol. The molecule has 0 radical (unpaired) electrons. The molecule has 0 aliphatic rings. The van der Waals surface area contributed by atoms with E-state index in [1.165, 1.54) is 21.8 Å². The lowest BCUT2D eigenvalue weighted by Gasteiger charge is -2.12. The highest BCUT2D eigenvalue weighted by molar-refractivity contribution is 6.16. The van der Waals surface area contributed by atoms with Crippen molar-refractivity contribution in [3.05, 3.63) is 266 Å². The monoisotopic (exact) mass is 912 g/mol. The van der Waals surface area contributed by atoms with E-state index in [-0.39, 0.29) is 0 Å². The van der Waals surface area contributed by atoms with Crippen LogP contribution in [0.15, 0.2) is 260 Å². The third-order valence-electron chi connectivity index (χ3n) is 13.2. The molecule has 0 aliphatic heterocycles. The Balaban J connectivity index is 0.00000270. The van der Waals surface area contributed by atoms with Gasteiger partial charge in [-0.15, -0.1) is 0 Å². The zero-order valence-corrected chi connectivity index (χ0v) is 40.2. The topological polar surface area (TPSA) is 35.1 Å². The first-order valence-corrected chi connectivity index (χ1v) is 24.4. The molecule has 0 unspecified atom stereocenters. The van der Waals surface area contributed by atoms with Gasteiger partial charge in [-0.25, -0.2) is 9.98 Å². The molecule has 3 heterocycles. The van der Waals surface area contributed by atoms with Gasteiger partial charge < -0.3 is 4.57 Å². The summed E-state index contributed by atoms with van der Waals surface area (Å²) in [7, 11) is 0. The first kappa shape index (κ1) is 44.4. The van der Waals surface area contributed by atoms with Crippen LogP contribution in [0.4, 0.5) is 0 Å². The number of allylic oxidation sites excluding steroid dienone is 2. The molecular formula is C67H52N4. The first-order valence-electron chi connectivity index (χ1n) is 24.4. The summed E-state index contributed by atoms with van der Waals surface area (Å²) in [5, 5.41) is 4.76. The Morgan fingerprint density at radius 3 is 1.45 bits per heavy atom. The van der Waals surface area contributed by atoms with Crippen LogP contribution < -0.4 is 0 Å². The predicted octanol–water partition coefficient (Wildman–Crippen LogP) is 18.0. The van der Waals surface area contributed by atoms with Gasteiger partial charge in [0.15, 0.2) is 0 Å². The second-order valence-electron chi connectivity index (χ2n) is 17.5. The van der Waals surface area contributed by atoms with E-state index in [9.17, 15) is 0 Å². The summed E-state index contributed by atoms with van der Waals surface area (Å²) in [5.41, 5.74) is 18.0. The van der Waals surface area contributed by atoms with Gasteiger partial charge in [0.1, 0.15) is 5.84 Å². The van der Waals surface area contributed by atoms with Crippen molar-refractivity contribution in [1.29, 1.82) is 0 Å². The predicted molar refractivity (Wildman–Crippen MR) is 303 cm³/mol. The van der Waals surface area contributed by atoms with E-state index in [4.69, 9.17) is 9.98 Å². The van der Waals surface area contributed by atoms with E-state index in [1.54, 1.807) is 0 Å². The molecule has 3 aromatic heterocycles. The maximum absolute atomic E-state index is 5.45. The molecule has 0 amide bonds. The van der Waals surface area contributed by atoms with E-state index < -0.39 is 0 Å². The molecule has 0 saturated heterocycles. The van der Waals surface area contributed by atoms with Gasteiger partial charge in [-0.2, -0.15) is 0 Å². The number of fused-ring (bicyclic) bond motifs is 6. The van der Waals surface area contributed by atoms with Crippen molar-refractivity contribution in [2.45, 2.75) is 20.8 Å². The molecule has 9 aromatic carbocycles. The largest absolute Gasteiger partial charge is 0.309 e. The highest BCUT2D eigenvalue weighted by atomic mass is 15.1. The van der Waals surface area contributed by atoms with Crippen molar-refractivity contribution in [1.82, 2.24) is 14.1 Å². The Bertz CT molecular complexity index is 3820. The third-order valence-corrected chi connectivity index (χ3v) is 13.2. The van der Waals surface area contributed by atoms with Gasteiger partial charge in [0.25, 0.3) is 0 Å². The van der Waals surface area contributed by atoms with E-state index in [0.29, 0.717) is 0 Å². The minimum atomic E-state index is 0.837. The first-order chi connectivity index (χ1) is 35.0. The lowest BCUT2D eigenvalue weighted by atomic mass is 9.98. The van der Waals surface area contributed by atoms with E-state index in [0.717, 1.165) is 100 Å². The number of aromatic nitrogens is 3. The highest BCUT2D eigenvalue weighted by Crippen LogP contribution is 2.39. The zero-order chi connectivity index (χ0) is 48.3. The molecule has 0 N–H and O–H groups in total. The van der Waals surface area contributed by atoms with Crippen LogP contribution in [0.3, 0.4) is 0 Å². The molecule has 4 nitrogen and oxygen atoms in total. The molecule has 12 aromatic rings. The summed E-state index contributed by atoms with van der Waals surface area (Å²) < 4.78 is 4.67. The van der Waals surface area contributed by atoms with Crippen molar-refractivity contribution in [2.75, 3.05) is 0 Å². The summed E-state index contributed by atoms with van der Waals surface area (Å²) in [6, 6.07) is 86.0. The average Bonchev–Trinajstić information content (AvgIpc) is 3.96. The molecule has 0 fully saturated rings. The van der Waals surface area contributed by atoms with Crippen LogP contribution in [-0.2, 0) is 0 Å².